The zero-order valence-corrected chi connectivity index (χ0v) is 19.1. The average molecular weight is 443 g/mol. The van der Waals surface area contributed by atoms with Crippen LogP contribution >= 0.6 is 11.8 Å². The largest absolute Gasteiger partial charge is 0.372 e. The molecule has 2 aromatic heterocycles. The lowest BCUT2D eigenvalue weighted by Crippen LogP contribution is -2.21. The molecule has 0 fully saturated rings. The molecule has 162 valence electrons. The van der Waals surface area contributed by atoms with Gasteiger partial charge in [-0.05, 0) is 49.2 Å². The molecule has 4 aromatic rings. The zero-order valence-electron chi connectivity index (χ0n) is 18.3. The summed E-state index contributed by atoms with van der Waals surface area (Å²) in [7, 11) is 0. The highest BCUT2D eigenvalue weighted by Crippen LogP contribution is 2.26. The van der Waals surface area contributed by atoms with Gasteiger partial charge in [-0.15, -0.1) is 10.2 Å². The van der Waals surface area contributed by atoms with Gasteiger partial charge >= 0.3 is 0 Å². The number of thioether (sulfide) groups is 1. The van der Waals surface area contributed by atoms with Crippen LogP contribution in [0.15, 0.2) is 89.4 Å². The Bertz CT molecular complexity index is 1140. The van der Waals surface area contributed by atoms with Crippen LogP contribution in [-0.2, 0) is 5.75 Å². The number of benzene rings is 2. The summed E-state index contributed by atoms with van der Waals surface area (Å²) in [5, 5.41) is 14.3. The average Bonchev–Trinajstić information content (AvgIpc) is 3.27. The first-order chi connectivity index (χ1) is 15.8. The monoisotopic (exact) mass is 442 g/mol. The summed E-state index contributed by atoms with van der Waals surface area (Å²) in [6, 6.07) is 22.6. The van der Waals surface area contributed by atoms with E-state index in [0.29, 0.717) is 5.82 Å². The lowest BCUT2D eigenvalue weighted by atomic mass is 10.2. The van der Waals surface area contributed by atoms with Crippen molar-refractivity contribution in [1.82, 2.24) is 19.9 Å². The van der Waals surface area contributed by atoms with Gasteiger partial charge in [-0.25, -0.2) is 0 Å². The summed E-state index contributed by atoms with van der Waals surface area (Å²) in [4.78, 5) is 6.54. The summed E-state index contributed by atoms with van der Waals surface area (Å²) in [5.41, 5.74) is 4.34. The first kappa shape index (κ1) is 21.8. The number of aromatic nitrogens is 4. The van der Waals surface area contributed by atoms with Crippen LogP contribution in [0, 0.1) is 0 Å². The van der Waals surface area contributed by atoms with E-state index in [1.165, 1.54) is 11.3 Å². The van der Waals surface area contributed by atoms with Gasteiger partial charge in [0.05, 0.1) is 6.21 Å². The van der Waals surface area contributed by atoms with Crippen LogP contribution < -0.4 is 4.90 Å². The van der Waals surface area contributed by atoms with Crippen molar-refractivity contribution in [3.63, 3.8) is 0 Å². The normalized spacial score (nSPS) is 11.2. The molecule has 0 atom stereocenters. The third kappa shape index (κ3) is 5.23. The second-order valence-corrected chi connectivity index (χ2v) is 8.08. The third-order valence-electron chi connectivity index (χ3n) is 5.09. The van der Waals surface area contributed by atoms with Gasteiger partial charge in [0.1, 0.15) is 0 Å². The quantitative estimate of drug-likeness (QED) is 0.258. The smallest absolute Gasteiger partial charge is 0.212 e. The fourth-order valence-corrected chi connectivity index (χ4v) is 4.18. The van der Waals surface area contributed by atoms with Gasteiger partial charge in [0, 0.05) is 42.5 Å². The fraction of sp³-hybridized carbons (Fsp3) is 0.200. The first-order valence-corrected chi connectivity index (χ1v) is 11.7. The van der Waals surface area contributed by atoms with Crippen LogP contribution in [0.25, 0.3) is 11.4 Å². The lowest BCUT2D eigenvalue weighted by Gasteiger charge is -2.20. The Kier molecular flexibility index (Phi) is 7.30. The molecule has 0 saturated carbocycles. The van der Waals surface area contributed by atoms with E-state index in [1.807, 2.05) is 36.5 Å². The number of rotatable bonds is 9. The van der Waals surface area contributed by atoms with Crippen LogP contribution in [0.1, 0.15) is 25.0 Å². The molecule has 0 bridgehead atoms. The Hall–Kier alpha value is -3.45. The van der Waals surface area contributed by atoms with Crippen molar-refractivity contribution in [2.45, 2.75) is 24.8 Å². The second-order valence-electron chi connectivity index (χ2n) is 7.14. The van der Waals surface area contributed by atoms with Crippen molar-refractivity contribution in [2.75, 3.05) is 18.0 Å². The van der Waals surface area contributed by atoms with Crippen molar-refractivity contribution in [3.8, 4) is 11.4 Å². The Labute approximate surface area is 193 Å². The van der Waals surface area contributed by atoms with Gasteiger partial charge in [-0.3, -0.25) is 4.98 Å². The van der Waals surface area contributed by atoms with E-state index < -0.39 is 0 Å². The molecule has 0 aliphatic rings. The lowest BCUT2D eigenvalue weighted by molar-refractivity contribution is 0.772. The third-order valence-corrected chi connectivity index (χ3v) is 6.08. The number of nitrogens with zero attached hydrogens (tertiary/aromatic N) is 6. The standard InChI is InChI=1S/C25H26N6S/c1-3-30(4-2)23-14-12-20(13-15-23)17-27-31-24(22-11-8-16-26-18-22)28-29-25(31)32-19-21-9-6-5-7-10-21/h5-18H,3-4,19H2,1-2H3/b27-17-. The van der Waals surface area contributed by atoms with Crippen molar-refractivity contribution in [2.24, 2.45) is 5.10 Å². The van der Waals surface area contributed by atoms with Gasteiger partial charge < -0.3 is 4.90 Å². The van der Waals surface area contributed by atoms with Crippen LogP contribution in [0.2, 0.25) is 0 Å². The number of hydrogen-bond donors (Lipinski definition) is 0. The molecule has 2 heterocycles. The highest BCUT2D eigenvalue weighted by Gasteiger charge is 2.14. The molecule has 6 nitrogen and oxygen atoms in total. The molecule has 7 heteroatoms. The predicted molar refractivity (Wildman–Crippen MR) is 132 cm³/mol. The minimum Gasteiger partial charge on any atom is -0.372 e. The Morgan fingerprint density at radius 1 is 0.938 bits per heavy atom. The highest BCUT2D eigenvalue weighted by atomic mass is 32.2. The topological polar surface area (TPSA) is 59.2 Å². The number of pyridine rings is 1. The predicted octanol–water partition coefficient (Wildman–Crippen LogP) is 5.36. The molecular weight excluding hydrogens is 416 g/mol. The first-order valence-electron chi connectivity index (χ1n) is 10.7. The Morgan fingerprint density at radius 3 is 2.41 bits per heavy atom. The van der Waals surface area contributed by atoms with E-state index in [1.54, 1.807) is 28.8 Å². The number of anilines is 1. The molecular formula is C25H26N6S. The van der Waals surface area contributed by atoms with E-state index in [0.717, 1.165) is 35.1 Å². The van der Waals surface area contributed by atoms with Crippen LogP contribution in [0.3, 0.4) is 0 Å². The molecule has 4 rings (SSSR count). The van der Waals surface area contributed by atoms with E-state index >= 15 is 0 Å². The molecule has 0 spiro atoms. The maximum absolute atomic E-state index is 4.74. The molecule has 0 unspecified atom stereocenters. The summed E-state index contributed by atoms with van der Waals surface area (Å²) in [6.07, 6.45) is 5.37. The van der Waals surface area contributed by atoms with E-state index in [-0.39, 0.29) is 0 Å². The van der Waals surface area contributed by atoms with Crippen molar-refractivity contribution >= 4 is 23.7 Å². The van der Waals surface area contributed by atoms with Crippen molar-refractivity contribution < 1.29 is 0 Å². The van der Waals surface area contributed by atoms with Crippen LogP contribution in [0.5, 0.6) is 0 Å². The Balaban J connectivity index is 1.61. The summed E-state index contributed by atoms with van der Waals surface area (Å²) < 4.78 is 1.79. The number of hydrogen-bond acceptors (Lipinski definition) is 6. The van der Waals surface area contributed by atoms with Gasteiger partial charge in [0.2, 0.25) is 5.16 Å². The molecule has 0 aliphatic heterocycles. The van der Waals surface area contributed by atoms with Crippen LogP contribution in [0.4, 0.5) is 5.69 Å². The molecule has 0 aliphatic carbocycles. The van der Waals surface area contributed by atoms with Crippen molar-refractivity contribution in [3.05, 3.63) is 90.3 Å². The molecule has 0 radical (unpaired) electrons. The van der Waals surface area contributed by atoms with Gasteiger partial charge in [0.25, 0.3) is 0 Å². The molecule has 0 N–H and O–H groups in total. The van der Waals surface area contributed by atoms with Gasteiger partial charge in [-0.1, -0.05) is 54.2 Å². The molecule has 0 saturated heterocycles. The van der Waals surface area contributed by atoms with Gasteiger partial charge in [-0.2, -0.15) is 9.78 Å². The van der Waals surface area contributed by atoms with Crippen molar-refractivity contribution in [1.29, 1.82) is 0 Å². The summed E-state index contributed by atoms with van der Waals surface area (Å²) in [5.74, 6) is 1.46. The summed E-state index contributed by atoms with van der Waals surface area (Å²) >= 11 is 1.61. The molecule has 32 heavy (non-hydrogen) atoms. The maximum atomic E-state index is 4.74. The molecule has 2 aromatic carbocycles. The van der Waals surface area contributed by atoms with E-state index in [9.17, 15) is 0 Å². The minimum absolute atomic E-state index is 0.671. The zero-order chi connectivity index (χ0) is 22.2. The minimum atomic E-state index is 0.671. The van der Waals surface area contributed by atoms with Gasteiger partial charge in [0.15, 0.2) is 5.82 Å². The maximum Gasteiger partial charge on any atom is 0.212 e. The highest BCUT2D eigenvalue weighted by molar-refractivity contribution is 7.98. The van der Waals surface area contributed by atoms with E-state index in [4.69, 9.17) is 5.10 Å². The SMILES string of the molecule is CCN(CC)c1ccc(/C=N\n2c(SCc3ccccc3)nnc2-c2cccnc2)cc1. The Morgan fingerprint density at radius 2 is 1.72 bits per heavy atom. The fourth-order valence-electron chi connectivity index (χ4n) is 3.34. The second kappa shape index (κ2) is 10.7. The summed E-state index contributed by atoms with van der Waals surface area (Å²) in [6.45, 7) is 6.31. The van der Waals surface area contributed by atoms with E-state index in [2.05, 4.69) is 70.3 Å². The van der Waals surface area contributed by atoms with Crippen LogP contribution in [-0.4, -0.2) is 39.2 Å². The molecule has 0 amide bonds.